The predicted molar refractivity (Wildman–Crippen MR) is 130 cm³/mol. The summed E-state index contributed by atoms with van der Waals surface area (Å²) in [5.41, 5.74) is 3.80. The van der Waals surface area contributed by atoms with Gasteiger partial charge in [0.15, 0.2) is 0 Å². The second-order valence-corrected chi connectivity index (χ2v) is 8.77. The highest BCUT2D eigenvalue weighted by atomic mass is 16.5. The fraction of sp³-hybridized carbons (Fsp3) is 0.385. The minimum Gasteiger partial charge on any atom is -0.379 e. The van der Waals surface area contributed by atoms with Crippen LogP contribution in [0.4, 0.5) is 11.6 Å². The van der Waals surface area contributed by atoms with E-state index in [4.69, 9.17) is 9.72 Å². The molecule has 7 heteroatoms. The van der Waals surface area contributed by atoms with Gasteiger partial charge in [0.25, 0.3) is 5.56 Å². The van der Waals surface area contributed by atoms with Crippen molar-refractivity contribution < 1.29 is 4.74 Å². The molecular weight excluding hydrogens is 414 g/mol. The number of anilines is 2. The van der Waals surface area contributed by atoms with Crippen LogP contribution in [0.1, 0.15) is 16.8 Å². The fourth-order valence-corrected chi connectivity index (χ4v) is 4.59. The molecule has 1 aromatic heterocycles. The van der Waals surface area contributed by atoms with Crippen LogP contribution in [0, 0.1) is 6.92 Å². The van der Waals surface area contributed by atoms with Crippen molar-refractivity contribution in [2.24, 2.45) is 0 Å². The highest BCUT2D eigenvalue weighted by Crippen LogP contribution is 2.27. The van der Waals surface area contributed by atoms with Gasteiger partial charge in [0, 0.05) is 43.9 Å². The maximum atomic E-state index is 13.7. The van der Waals surface area contributed by atoms with E-state index in [-0.39, 0.29) is 5.56 Å². The van der Waals surface area contributed by atoms with Gasteiger partial charge in [0.2, 0.25) is 5.95 Å². The maximum absolute atomic E-state index is 13.7. The second-order valence-electron chi connectivity index (χ2n) is 8.77. The van der Waals surface area contributed by atoms with Crippen LogP contribution in [0.2, 0.25) is 0 Å². The molecule has 5 rings (SSSR count). The Morgan fingerprint density at radius 2 is 1.55 bits per heavy atom. The maximum Gasteiger partial charge on any atom is 0.259 e. The Balaban J connectivity index is 1.47. The van der Waals surface area contributed by atoms with Crippen LogP contribution in [0.25, 0.3) is 0 Å². The molecule has 0 aliphatic carbocycles. The first kappa shape index (κ1) is 21.8. The number of hydrogen-bond acceptors (Lipinski definition) is 6. The quantitative estimate of drug-likeness (QED) is 0.582. The van der Waals surface area contributed by atoms with E-state index in [2.05, 4.69) is 39.0 Å². The highest BCUT2D eigenvalue weighted by Gasteiger charge is 2.28. The number of benzene rings is 2. The number of aryl methyl sites for hydroxylation is 1. The number of nitrogens with zero attached hydrogens (tertiary/aromatic N) is 5. The van der Waals surface area contributed by atoms with E-state index in [9.17, 15) is 4.79 Å². The largest absolute Gasteiger partial charge is 0.379 e. The van der Waals surface area contributed by atoms with Gasteiger partial charge in [-0.15, -0.1) is 0 Å². The van der Waals surface area contributed by atoms with Crippen molar-refractivity contribution in [3.05, 3.63) is 87.8 Å². The van der Waals surface area contributed by atoms with E-state index in [0.29, 0.717) is 19.8 Å². The van der Waals surface area contributed by atoms with Crippen molar-refractivity contribution in [1.29, 1.82) is 0 Å². The normalized spacial score (nSPS) is 17.2. The van der Waals surface area contributed by atoms with Gasteiger partial charge in [-0.1, -0.05) is 48.5 Å². The first-order chi connectivity index (χ1) is 16.2. The molecule has 0 saturated carbocycles. The van der Waals surface area contributed by atoms with Gasteiger partial charge in [-0.3, -0.25) is 24.1 Å². The molecule has 3 aromatic rings. The smallest absolute Gasteiger partial charge is 0.259 e. The average Bonchev–Trinajstić information content (AvgIpc) is 2.87. The van der Waals surface area contributed by atoms with Crippen LogP contribution in [-0.4, -0.2) is 65.4 Å². The number of hydrogen-bond donors (Lipinski definition) is 0. The van der Waals surface area contributed by atoms with Gasteiger partial charge in [-0.25, -0.2) is 4.98 Å². The van der Waals surface area contributed by atoms with E-state index < -0.39 is 0 Å². The van der Waals surface area contributed by atoms with Gasteiger partial charge in [-0.05, 0) is 24.6 Å². The first-order valence-corrected chi connectivity index (χ1v) is 11.7. The van der Waals surface area contributed by atoms with Gasteiger partial charge >= 0.3 is 0 Å². The lowest BCUT2D eigenvalue weighted by atomic mass is 10.1. The number of ether oxygens (including phenoxy) is 1. The molecule has 2 aliphatic heterocycles. The molecule has 0 atom stereocenters. The zero-order valence-corrected chi connectivity index (χ0v) is 19.2. The fourth-order valence-electron chi connectivity index (χ4n) is 4.59. The topological polar surface area (TPSA) is 53.8 Å². The van der Waals surface area contributed by atoms with Crippen LogP contribution >= 0.6 is 0 Å². The summed E-state index contributed by atoms with van der Waals surface area (Å²) in [4.78, 5) is 25.6. The number of para-hydroxylation sites is 1. The van der Waals surface area contributed by atoms with Crippen LogP contribution in [0.5, 0.6) is 0 Å². The van der Waals surface area contributed by atoms with E-state index >= 15 is 0 Å². The summed E-state index contributed by atoms with van der Waals surface area (Å²) in [5.74, 6) is 0.725. The number of fused-ring (bicyclic) bond motifs is 1. The summed E-state index contributed by atoms with van der Waals surface area (Å²) in [6, 6.07) is 20.4. The molecule has 0 unspecified atom stereocenters. The number of morpholine rings is 1. The van der Waals surface area contributed by atoms with Crippen molar-refractivity contribution >= 4 is 11.6 Å². The summed E-state index contributed by atoms with van der Waals surface area (Å²) < 4.78 is 7.33. The molecule has 33 heavy (non-hydrogen) atoms. The van der Waals surface area contributed by atoms with Gasteiger partial charge < -0.3 is 4.74 Å². The monoisotopic (exact) mass is 445 g/mol. The van der Waals surface area contributed by atoms with Crippen molar-refractivity contribution in [2.45, 2.75) is 20.0 Å². The molecule has 2 aromatic carbocycles. The van der Waals surface area contributed by atoms with Crippen LogP contribution in [-0.2, 0) is 17.8 Å². The zero-order valence-electron chi connectivity index (χ0n) is 19.2. The van der Waals surface area contributed by atoms with E-state index in [1.807, 2.05) is 47.9 Å². The summed E-state index contributed by atoms with van der Waals surface area (Å²) >= 11 is 0. The third kappa shape index (κ3) is 4.85. The third-order valence-electron chi connectivity index (χ3n) is 6.50. The van der Waals surface area contributed by atoms with Gasteiger partial charge in [0.1, 0.15) is 0 Å². The lowest BCUT2D eigenvalue weighted by Crippen LogP contribution is -2.50. The minimum atomic E-state index is 0.0540. The highest BCUT2D eigenvalue weighted by molar-refractivity contribution is 5.58. The molecule has 1 saturated heterocycles. The Morgan fingerprint density at radius 3 is 2.27 bits per heavy atom. The number of rotatable bonds is 6. The molecule has 172 valence electrons. The minimum absolute atomic E-state index is 0.0540. The summed E-state index contributed by atoms with van der Waals surface area (Å²) in [6.07, 6.45) is 0.595. The van der Waals surface area contributed by atoms with Gasteiger partial charge in [0.05, 0.1) is 32.2 Å². The van der Waals surface area contributed by atoms with Crippen LogP contribution in [0.3, 0.4) is 0 Å². The molecular formula is C26H31N5O2. The lowest BCUT2D eigenvalue weighted by molar-refractivity contribution is 0.0310. The molecule has 0 bridgehead atoms. The predicted octanol–water partition coefficient (Wildman–Crippen LogP) is 2.84. The van der Waals surface area contributed by atoms with Crippen molar-refractivity contribution in [2.75, 3.05) is 51.0 Å². The van der Waals surface area contributed by atoms with E-state index in [0.717, 1.165) is 67.8 Å². The molecule has 2 aliphatic rings. The molecule has 0 spiro atoms. The summed E-state index contributed by atoms with van der Waals surface area (Å²) in [5, 5.41) is 0. The Bertz CT molecular complexity index is 1130. The van der Waals surface area contributed by atoms with Crippen molar-refractivity contribution in [3.63, 3.8) is 0 Å². The molecule has 1 fully saturated rings. The van der Waals surface area contributed by atoms with Gasteiger partial charge in [-0.2, -0.15) is 0 Å². The van der Waals surface area contributed by atoms with Crippen molar-refractivity contribution in [1.82, 2.24) is 19.4 Å². The van der Waals surface area contributed by atoms with Crippen LogP contribution < -0.4 is 10.5 Å². The standard InChI is InChI=1S/C26H31N5O2/c1-21-24(18-22-8-4-2-5-9-22)25(32)31-20-29(13-12-28-14-16-33-17-15-28)19-30(26(31)27-21)23-10-6-3-7-11-23/h2-11H,12-20H2,1H3. The van der Waals surface area contributed by atoms with E-state index in [1.165, 1.54) is 0 Å². The molecule has 0 N–H and O–H groups in total. The second kappa shape index (κ2) is 9.87. The molecule has 3 heterocycles. The SMILES string of the molecule is Cc1nc2n(c(=O)c1Cc1ccccc1)CN(CCN1CCOCC1)CN2c1ccccc1. The molecule has 0 radical (unpaired) electrons. The Hall–Kier alpha value is -3.00. The summed E-state index contributed by atoms with van der Waals surface area (Å²) in [6.45, 7) is 8.59. The Kier molecular flexibility index (Phi) is 6.53. The molecule has 0 amide bonds. The summed E-state index contributed by atoms with van der Waals surface area (Å²) in [7, 11) is 0. The third-order valence-corrected chi connectivity index (χ3v) is 6.50. The average molecular weight is 446 g/mol. The first-order valence-electron chi connectivity index (χ1n) is 11.7. The molecule has 7 nitrogen and oxygen atoms in total. The lowest BCUT2D eigenvalue weighted by Gasteiger charge is -2.39. The Labute approximate surface area is 194 Å². The van der Waals surface area contributed by atoms with E-state index in [1.54, 1.807) is 0 Å². The van der Waals surface area contributed by atoms with Crippen molar-refractivity contribution in [3.8, 4) is 0 Å². The van der Waals surface area contributed by atoms with Crippen LogP contribution in [0.15, 0.2) is 65.5 Å². The number of aromatic nitrogens is 2. The zero-order chi connectivity index (χ0) is 22.6. The Morgan fingerprint density at radius 1 is 0.879 bits per heavy atom.